The molecule has 0 bridgehead atoms. The normalized spacial score (nSPS) is 15.8. The Morgan fingerprint density at radius 2 is 1.89 bits per heavy atom. The van der Waals surface area contributed by atoms with Crippen molar-refractivity contribution in [1.82, 2.24) is 9.78 Å². The third-order valence-corrected chi connectivity index (χ3v) is 4.22. The van der Waals surface area contributed by atoms with Crippen molar-refractivity contribution in [1.29, 1.82) is 0 Å². The Morgan fingerprint density at radius 1 is 1.21 bits per heavy atom. The van der Waals surface area contributed by atoms with E-state index < -0.39 is 0 Å². The van der Waals surface area contributed by atoms with Gasteiger partial charge in [-0.3, -0.25) is 0 Å². The largest absolute Gasteiger partial charge is 0.245 e. The SMILES string of the molecule is C=Nc1cc(-c2ccc(Br)cc2)nn1C1CCCC1. The van der Waals surface area contributed by atoms with Crippen molar-refractivity contribution in [3.8, 4) is 11.3 Å². The highest BCUT2D eigenvalue weighted by Gasteiger charge is 2.21. The first kappa shape index (κ1) is 12.6. The Bertz CT molecular complexity index is 580. The number of hydrogen-bond donors (Lipinski definition) is 0. The van der Waals surface area contributed by atoms with Crippen LogP contribution >= 0.6 is 15.9 Å². The predicted octanol–water partition coefficient (Wildman–Crippen LogP) is 4.76. The number of nitrogens with zero attached hydrogens (tertiary/aromatic N) is 3. The number of aliphatic imine (C=N–C) groups is 1. The molecule has 1 aliphatic carbocycles. The molecule has 1 heterocycles. The van der Waals surface area contributed by atoms with Crippen LogP contribution in [0, 0.1) is 0 Å². The zero-order valence-corrected chi connectivity index (χ0v) is 12.3. The lowest BCUT2D eigenvalue weighted by atomic mass is 10.2. The van der Waals surface area contributed by atoms with Crippen LogP contribution < -0.4 is 0 Å². The minimum absolute atomic E-state index is 0.490. The first-order valence-electron chi connectivity index (χ1n) is 6.60. The second kappa shape index (κ2) is 5.29. The quantitative estimate of drug-likeness (QED) is 0.750. The Hall–Kier alpha value is -1.42. The molecule has 0 unspecified atom stereocenters. The molecule has 0 radical (unpaired) electrons. The van der Waals surface area contributed by atoms with E-state index in [1.807, 2.05) is 18.2 Å². The first-order chi connectivity index (χ1) is 9.28. The fourth-order valence-corrected chi connectivity index (χ4v) is 2.95. The highest BCUT2D eigenvalue weighted by Crippen LogP contribution is 2.34. The summed E-state index contributed by atoms with van der Waals surface area (Å²) in [4.78, 5) is 4.12. The van der Waals surface area contributed by atoms with Crippen LogP contribution in [-0.2, 0) is 0 Å². The summed E-state index contributed by atoms with van der Waals surface area (Å²) in [7, 11) is 0. The minimum atomic E-state index is 0.490. The number of rotatable bonds is 3. The van der Waals surface area contributed by atoms with Crippen molar-refractivity contribution in [2.24, 2.45) is 4.99 Å². The monoisotopic (exact) mass is 317 g/mol. The number of hydrogen-bond acceptors (Lipinski definition) is 2. The van der Waals surface area contributed by atoms with Gasteiger partial charge in [0.15, 0.2) is 5.82 Å². The minimum Gasteiger partial charge on any atom is -0.245 e. The van der Waals surface area contributed by atoms with E-state index in [0.717, 1.165) is 21.5 Å². The van der Waals surface area contributed by atoms with Gasteiger partial charge in [0.05, 0.1) is 11.7 Å². The summed E-state index contributed by atoms with van der Waals surface area (Å²) >= 11 is 3.45. The first-order valence-corrected chi connectivity index (χ1v) is 7.39. The fraction of sp³-hybridized carbons (Fsp3) is 0.333. The molecule has 4 heteroatoms. The van der Waals surface area contributed by atoms with E-state index in [-0.39, 0.29) is 0 Å². The predicted molar refractivity (Wildman–Crippen MR) is 82.1 cm³/mol. The van der Waals surface area contributed by atoms with Gasteiger partial charge in [-0.2, -0.15) is 5.10 Å². The van der Waals surface area contributed by atoms with Gasteiger partial charge in [-0.1, -0.05) is 40.9 Å². The highest BCUT2D eigenvalue weighted by atomic mass is 79.9. The summed E-state index contributed by atoms with van der Waals surface area (Å²) in [5, 5.41) is 4.73. The van der Waals surface area contributed by atoms with E-state index in [1.54, 1.807) is 0 Å². The summed E-state index contributed by atoms with van der Waals surface area (Å²) in [5.41, 5.74) is 2.09. The summed E-state index contributed by atoms with van der Waals surface area (Å²) in [6.07, 6.45) is 4.97. The van der Waals surface area contributed by atoms with E-state index in [0.29, 0.717) is 6.04 Å². The van der Waals surface area contributed by atoms with Gasteiger partial charge >= 0.3 is 0 Å². The van der Waals surface area contributed by atoms with Gasteiger partial charge in [-0.25, -0.2) is 9.67 Å². The molecule has 1 aliphatic rings. The Balaban J connectivity index is 1.98. The Morgan fingerprint density at radius 3 is 2.53 bits per heavy atom. The molecule has 0 spiro atoms. The summed E-state index contributed by atoms with van der Waals surface area (Å²) in [5.74, 6) is 0.879. The fourth-order valence-electron chi connectivity index (χ4n) is 2.68. The lowest BCUT2D eigenvalue weighted by Crippen LogP contribution is -2.06. The Labute approximate surface area is 121 Å². The summed E-state index contributed by atoms with van der Waals surface area (Å²) in [6, 6.07) is 10.7. The van der Waals surface area contributed by atoms with Crippen molar-refractivity contribution < 1.29 is 0 Å². The number of aromatic nitrogens is 2. The molecule has 0 atom stereocenters. The molecule has 0 N–H and O–H groups in total. The van der Waals surface area contributed by atoms with Gasteiger partial charge in [0, 0.05) is 16.1 Å². The molecule has 0 saturated heterocycles. The van der Waals surface area contributed by atoms with E-state index in [2.05, 4.69) is 44.5 Å². The average Bonchev–Trinajstić information content (AvgIpc) is 3.08. The molecular weight excluding hydrogens is 302 g/mol. The smallest absolute Gasteiger partial charge is 0.150 e. The van der Waals surface area contributed by atoms with Crippen molar-refractivity contribution in [2.45, 2.75) is 31.7 Å². The van der Waals surface area contributed by atoms with Gasteiger partial charge in [0.1, 0.15) is 0 Å². The molecule has 1 fully saturated rings. The second-order valence-corrected chi connectivity index (χ2v) is 5.85. The topological polar surface area (TPSA) is 30.2 Å². The maximum Gasteiger partial charge on any atom is 0.150 e. The Kier molecular flexibility index (Phi) is 3.51. The van der Waals surface area contributed by atoms with Gasteiger partial charge in [-0.15, -0.1) is 0 Å². The van der Waals surface area contributed by atoms with E-state index in [4.69, 9.17) is 5.10 Å². The van der Waals surface area contributed by atoms with Crippen LogP contribution in [0.2, 0.25) is 0 Å². The molecule has 0 amide bonds. The molecular formula is C15H16BrN3. The molecule has 0 aliphatic heterocycles. The van der Waals surface area contributed by atoms with Crippen LogP contribution in [0.1, 0.15) is 31.7 Å². The lowest BCUT2D eigenvalue weighted by molar-refractivity contribution is 0.472. The van der Waals surface area contributed by atoms with Crippen LogP contribution in [0.25, 0.3) is 11.3 Å². The van der Waals surface area contributed by atoms with E-state index in [9.17, 15) is 0 Å². The molecule has 2 aromatic rings. The van der Waals surface area contributed by atoms with Crippen LogP contribution in [0.3, 0.4) is 0 Å². The van der Waals surface area contributed by atoms with Crippen LogP contribution in [-0.4, -0.2) is 16.5 Å². The standard InChI is InChI=1S/C15H16BrN3/c1-17-15-10-14(11-6-8-12(16)9-7-11)18-19(15)13-4-2-3-5-13/h6-10,13H,1-5H2. The lowest BCUT2D eigenvalue weighted by Gasteiger charge is -2.11. The molecule has 3 rings (SSSR count). The molecule has 3 nitrogen and oxygen atoms in total. The summed E-state index contributed by atoms with van der Waals surface area (Å²) < 4.78 is 3.13. The van der Waals surface area contributed by atoms with Crippen LogP contribution in [0.4, 0.5) is 5.82 Å². The van der Waals surface area contributed by atoms with Gasteiger partial charge in [0.25, 0.3) is 0 Å². The van der Waals surface area contributed by atoms with Crippen molar-refractivity contribution in [3.63, 3.8) is 0 Å². The van der Waals surface area contributed by atoms with E-state index >= 15 is 0 Å². The highest BCUT2D eigenvalue weighted by molar-refractivity contribution is 9.10. The molecule has 1 aromatic carbocycles. The van der Waals surface area contributed by atoms with Gasteiger partial charge < -0.3 is 0 Å². The third-order valence-electron chi connectivity index (χ3n) is 3.69. The van der Waals surface area contributed by atoms with Crippen molar-refractivity contribution in [2.75, 3.05) is 0 Å². The van der Waals surface area contributed by atoms with Crippen LogP contribution in [0.15, 0.2) is 39.8 Å². The van der Waals surface area contributed by atoms with Gasteiger partial charge in [-0.05, 0) is 31.7 Å². The summed E-state index contributed by atoms with van der Waals surface area (Å²) in [6.45, 7) is 3.67. The maximum absolute atomic E-state index is 4.73. The van der Waals surface area contributed by atoms with E-state index in [1.165, 1.54) is 25.7 Å². The second-order valence-electron chi connectivity index (χ2n) is 4.94. The number of halogens is 1. The molecule has 98 valence electrons. The average molecular weight is 318 g/mol. The third kappa shape index (κ3) is 2.50. The molecule has 1 saturated carbocycles. The van der Waals surface area contributed by atoms with Crippen LogP contribution in [0.5, 0.6) is 0 Å². The molecule has 1 aromatic heterocycles. The number of benzene rings is 1. The molecule has 19 heavy (non-hydrogen) atoms. The zero-order valence-electron chi connectivity index (χ0n) is 10.7. The van der Waals surface area contributed by atoms with Gasteiger partial charge in [0.2, 0.25) is 0 Å². The zero-order chi connectivity index (χ0) is 13.2. The van der Waals surface area contributed by atoms with Crippen molar-refractivity contribution in [3.05, 3.63) is 34.8 Å². The maximum atomic E-state index is 4.73. The van der Waals surface area contributed by atoms with Crippen molar-refractivity contribution >= 4 is 28.5 Å².